The molecule has 2 aliphatic heterocycles. The molecule has 2 fully saturated rings. The van der Waals surface area contributed by atoms with Crippen LogP contribution in [-0.2, 0) is 21.2 Å². The summed E-state index contributed by atoms with van der Waals surface area (Å²) in [6, 6.07) is 6.67. The van der Waals surface area contributed by atoms with Crippen molar-refractivity contribution in [1.29, 1.82) is 0 Å². The SMILES string of the molecule is C=CCn1c(SCC(=O)N2CCN(c3ccccc3F)CC2)nnc1C1CCS(=O)(=O)C1. The number of piperazine rings is 1. The van der Waals surface area contributed by atoms with Gasteiger partial charge in [0.2, 0.25) is 5.91 Å². The molecule has 1 amide bonds. The number of benzene rings is 1. The highest BCUT2D eigenvalue weighted by Crippen LogP contribution is 2.30. The molecule has 0 spiro atoms. The molecular formula is C21H26FN5O3S2. The monoisotopic (exact) mass is 479 g/mol. The first-order chi connectivity index (χ1) is 15.4. The van der Waals surface area contributed by atoms with Gasteiger partial charge in [0, 0.05) is 38.6 Å². The Hall–Kier alpha value is -2.40. The highest BCUT2D eigenvalue weighted by Gasteiger charge is 2.33. The number of hydrogen-bond acceptors (Lipinski definition) is 7. The lowest BCUT2D eigenvalue weighted by Gasteiger charge is -2.36. The standard InChI is InChI=1S/C21H26FN5O3S2/c1-2-8-27-20(16-7-13-32(29,30)15-16)23-24-21(27)31-14-19(28)26-11-9-25(10-12-26)18-6-4-3-5-17(18)22/h2-6,16H,1,7-15H2. The summed E-state index contributed by atoms with van der Waals surface area (Å²) in [5, 5.41) is 9.04. The molecule has 0 bridgehead atoms. The van der Waals surface area contributed by atoms with Crippen molar-refractivity contribution in [3.63, 3.8) is 0 Å². The lowest BCUT2D eigenvalue weighted by Crippen LogP contribution is -2.49. The second-order valence-electron chi connectivity index (χ2n) is 7.95. The number of aromatic nitrogens is 3. The number of hydrogen-bond donors (Lipinski definition) is 0. The van der Waals surface area contributed by atoms with E-state index in [1.165, 1.54) is 17.8 Å². The molecule has 2 saturated heterocycles. The van der Waals surface area contributed by atoms with Crippen LogP contribution in [0.2, 0.25) is 0 Å². The second kappa shape index (κ2) is 9.62. The minimum Gasteiger partial charge on any atom is -0.366 e. The van der Waals surface area contributed by atoms with Crippen molar-refractivity contribution in [2.45, 2.75) is 24.0 Å². The number of nitrogens with zero attached hydrogens (tertiary/aromatic N) is 5. The van der Waals surface area contributed by atoms with E-state index < -0.39 is 9.84 Å². The van der Waals surface area contributed by atoms with Gasteiger partial charge in [-0.2, -0.15) is 0 Å². The van der Waals surface area contributed by atoms with Gasteiger partial charge in [0.1, 0.15) is 11.6 Å². The van der Waals surface area contributed by atoms with E-state index in [0.717, 1.165) is 0 Å². The Morgan fingerprint density at radius 1 is 1.22 bits per heavy atom. The van der Waals surface area contributed by atoms with Gasteiger partial charge in [-0.05, 0) is 18.6 Å². The van der Waals surface area contributed by atoms with Crippen LogP contribution >= 0.6 is 11.8 Å². The Morgan fingerprint density at radius 3 is 2.62 bits per heavy atom. The zero-order valence-electron chi connectivity index (χ0n) is 17.7. The highest BCUT2D eigenvalue weighted by molar-refractivity contribution is 7.99. The summed E-state index contributed by atoms with van der Waals surface area (Å²) in [6.45, 7) is 6.42. The molecule has 1 atom stereocenters. The summed E-state index contributed by atoms with van der Waals surface area (Å²) in [5.74, 6) is 0.647. The maximum absolute atomic E-state index is 14.0. The maximum atomic E-state index is 14.0. The number of para-hydroxylation sites is 1. The number of halogens is 1. The van der Waals surface area contributed by atoms with Gasteiger partial charge in [0.25, 0.3) is 0 Å². The number of thioether (sulfide) groups is 1. The molecule has 3 heterocycles. The Morgan fingerprint density at radius 2 is 1.97 bits per heavy atom. The number of carbonyl (C=O) groups excluding carboxylic acids is 1. The van der Waals surface area contributed by atoms with Crippen molar-refractivity contribution >= 4 is 33.2 Å². The topological polar surface area (TPSA) is 88.4 Å². The van der Waals surface area contributed by atoms with E-state index in [9.17, 15) is 17.6 Å². The van der Waals surface area contributed by atoms with E-state index in [0.29, 0.717) is 55.8 Å². The second-order valence-corrected chi connectivity index (χ2v) is 11.1. The zero-order valence-corrected chi connectivity index (χ0v) is 19.3. The van der Waals surface area contributed by atoms with Gasteiger partial charge >= 0.3 is 0 Å². The third-order valence-corrected chi connectivity index (χ3v) is 8.52. The predicted molar refractivity (Wildman–Crippen MR) is 122 cm³/mol. The van der Waals surface area contributed by atoms with Crippen molar-refractivity contribution in [1.82, 2.24) is 19.7 Å². The van der Waals surface area contributed by atoms with Crippen molar-refractivity contribution in [2.24, 2.45) is 0 Å². The van der Waals surface area contributed by atoms with Crippen LogP contribution in [0, 0.1) is 5.82 Å². The molecule has 0 radical (unpaired) electrons. The minimum atomic E-state index is -3.04. The molecule has 1 aromatic carbocycles. The predicted octanol–water partition coefficient (Wildman–Crippen LogP) is 1.95. The third kappa shape index (κ3) is 4.98. The molecule has 2 aromatic rings. The van der Waals surface area contributed by atoms with Crippen LogP contribution in [0.1, 0.15) is 18.2 Å². The van der Waals surface area contributed by atoms with Crippen LogP contribution in [0.15, 0.2) is 42.1 Å². The lowest BCUT2D eigenvalue weighted by molar-refractivity contribution is -0.128. The average molecular weight is 480 g/mol. The fraction of sp³-hybridized carbons (Fsp3) is 0.476. The lowest BCUT2D eigenvalue weighted by atomic mass is 10.1. The summed E-state index contributed by atoms with van der Waals surface area (Å²) in [5.41, 5.74) is 0.563. The van der Waals surface area contributed by atoms with Crippen molar-refractivity contribution < 1.29 is 17.6 Å². The third-order valence-electron chi connectivity index (χ3n) is 5.80. The molecule has 172 valence electrons. The molecule has 4 rings (SSSR count). The molecule has 0 aliphatic carbocycles. The first kappa shape index (κ1) is 22.8. The fourth-order valence-corrected chi connectivity index (χ4v) is 6.73. The zero-order chi connectivity index (χ0) is 22.7. The van der Waals surface area contributed by atoms with Gasteiger partial charge in [0.05, 0.1) is 22.9 Å². The van der Waals surface area contributed by atoms with Gasteiger partial charge < -0.3 is 14.4 Å². The minimum absolute atomic E-state index is 0.0127. The van der Waals surface area contributed by atoms with Gasteiger partial charge in [-0.1, -0.05) is 30.0 Å². The molecule has 32 heavy (non-hydrogen) atoms. The molecule has 0 N–H and O–H groups in total. The van der Waals surface area contributed by atoms with E-state index in [1.54, 1.807) is 29.2 Å². The molecule has 1 unspecified atom stereocenters. The van der Waals surface area contributed by atoms with E-state index in [-0.39, 0.29) is 34.9 Å². The Bertz CT molecular complexity index is 1100. The number of anilines is 1. The van der Waals surface area contributed by atoms with Crippen LogP contribution < -0.4 is 4.90 Å². The van der Waals surface area contributed by atoms with Crippen LogP contribution in [0.4, 0.5) is 10.1 Å². The van der Waals surface area contributed by atoms with E-state index >= 15 is 0 Å². The fourth-order valence-electron chi connectivity index (χ4n) is 4.13. The normalized spacial score (nSPS) is 20.5. The van der Waals surface area contributed by atoms with Crippen molar-refractivity contribution in [3.05, 3.63) is 48.6 Å². The summed E-state index contributed by atoms with van der Waals surface area (Å²) in [7, 11) is -3.04. The molecular weight excluding hydrogens is 453 g/mol. The number of rotatable bonds is 7. The Labute approximate surface area is 191 Å². The van der Waals surface area contributed by atoms with Crippen LogP contribution in [0.3, 0.4) is 0 Å². The molecule has 1 aromatic heterocycles. The van der Waals surface area contributed by atoms with Gasteiger partial charge in [-0.3, -0.25) is 4.79 Å². The largest absolute Gasteiger partial charge is 0.366 e. The summed E-state index contributed by atoms with van der Waals surface area (Å²) < 4.78 is 39.6. The van der Waals surface area contributed by atoms with Crippen molar-refractivity contribution in [3.8, 4) is 0 Å². The summed E-state index contributed by atoms with van der Waals surface area (Å²) in [4.78, 5) is 16.5. The van der Waals surface area contributed by atoms with Gasteiger partial charge in [-0.25, -0.2) is 12.8 Å². The van der Waals surface area contributed by atoms with Crippen LogP contribution in [-0.4, -0.2) is 77.4 Å². The quantitative estimate of drug-likeness (QED) is 0.443. The van der Waals surface area contributed by atoms with Crippen LogP contribution in [0.5, 0.6) is 0 Å². The highest BCUT2D eigenvalue weighted by atomic mass is 32.2. The number of sulfone groups is 1. The molecule has 2 aliphatic rings. The first-order valence-corrected chi connectivity index (χ1v) is 13.3. The molecule has 0 saturated carbocycles. The van der Waals surface area contributed by atoms with Crippen LogP contribution in [0.25, 0.3) is 0 Å². The maximum Gasteiger partial charge on any atom is 0.233 e. The summed E-state index contributed by atoms with van der Waals surface area (Å²) >= 11 is 1.30. The average Bonchev–Trinajstić information content (AvgIpc) is 3.35. The van der Waals surface area contributed by atoms with Crippen molar-refractivity contribution in [2.75, 3.05) is 48.3 Å². The number of allylic oxidation sites excluding steroid dienone is 1. The van der Waals surface area contributed by atoms with E-state index in [2.05, 4.69) is 16.8 Å². The Kier molecular flexibility index (Phi) is 6.85. The number of amides is 1. The molecule has 11 heteroatoms. The molecule has 8 nitrogen and oxygen atoms in total. The van der Waals surface area contributed by atoms with Gasteiger partial charge in [-0.15, -0.1) is 16.8 Å². The number of carbonyl (C=O) groups is 1. The van der Waals surface area contributed by atoms with Gasteiger partial charge in [0.15, 0.2) is 15.0 Å². The Balaban J connectivity index is 1.35. The smallest absolute Gasteiger partial charge is 0.233 e. The summed E-state index contributed by atoms with van der Waals surface area (Å²) in [6.07, 6.45) is 2.25. The van der Waals surface area contributed by atoms with E-state index in [1.807, 2.05) is 9.47 Å². The van der Waals surface area contributed by atoms with E-state index in [4.69, 9.17) is 0 Å². The first-order valence-electron chi connectivity index (χ1n) is 10.5.